The highest BCUT2D eigenvalue weighted by atomic mass is 32.1. The molecule has 2 unspecified atom stereocenters. The van der Waals surface area contributed by atoms with Crippen LogP contribution in [-0.4, -0.2) is 65.8 Å². The lowest BCUT2D eigenvalue weighted by atomic mass is 10.1. The lowest BCUT2D eigenvalue weighted by molar-refractivity contribution is -0.135. The normalized spacial score (nSPS) is 21.8. The van der Waals surface area contributed by atoms with E-state index in [1.54, 1.807) is 11.0 Å². The molecule has 7 nitrogen and oxygen atoms in total. The largest absolute Gasteiger partial charge is 0.353 e. The van der Waals surface area contributed by atoms with E-state index in [1.807, 2.05) is 16.3 Å². The molecule has 1 saturated heterocycles. The molecule has 2 heterocycles. The van der Waals surface area contributed by atoms with Crippen molar-refractivity contribution in [1.82, 2.24) is 15.1 Å². The summed E-state index contributed by atoms with van der Waals surface area (Å²) in [7, 11) is 0. The molecule has 0 bridgehead atoms. The van der Waals surface area contributed by atoms with Crippen LogP contribution in [0.2, 0.25) is 0 Å². The number of hydrogen-bond donors (Lipinski definition) is 2. The number of nitrogens with two attached hydrogens (primary N) is 1. The molecule has 154 valence electrons. The van der Waals surface area contributed by atoms with Gasteiger partial charge < -0.3 is 20.9 Å². The van der Waals surface area contributed by atoms with Gasteiger partial charge in [-0.05, 0) is 36.6 Å². The highest BCUT2D eigenvalue weighted by molar-refractivity contribution is 7.12. The van der Waals surface area contributed by atoms with Crippen molar-refractivity contribution in [3.8, 4) is 0 Å². The van der Waals surface area contributed by atoms with Crippen LogP contribution in [0.1, 0.15) is 42.8 Å². The summed E-state index contributed by atoms with van der Waals surface area (Å²) in [5, 5.41) is 4.66. The lowest BCUT2D eigenvalue weighted by Crippen LogP contribution is -2.47. The summed E-state index contributed by atoms with van der Waals surface area (Å²) in [5.41, 5.74) is 5.51. The van der Waals surface area contributed by atoms with E-state index in [4.69, 9.17) is 5.73 Å². The Kier molecular flexibility index (Phi) is 6.72. The molecule has 1 aromatic heterocycles. The van der Waals surface area contributed by atoms with Gasteiger partial charge in [-0.2, -0.15) is 0 Å². The summed E-state index contributed by atoms with van der Waals surface area (Å²) in [6.45, 7) is 5.93. The van der Waals surface area contributed by atoms with Crippen molar-refractivity contribution in [2.75, 3.05) is 26.2 Å². The van der Waals surface area contributed by atoms with Gasteiger partial charge in [-0.1, -0.05) is 19.9 Å². The number of likely N-dealkylation sites (tertiary alicyclic amines) is 1. The number of carbonyl (C=O) groups is 3. The minimum atomic E-state index is -0.576. The first-order valence-electron chi connectivity index (χ1n) is 10.0. The highest BCUT2D eigenvalue weighted by Crippen LogP contribution is 2.34. The number of nitrogens with zero attached hydrogens (tertiary/aromatic N) is 2. The summed E-state index contributed by atoms with van der Waals surface area (Å²) in [4.78, 5) is 42.8. The van der Waals surface area contributed by atoms with Gasteiger partial charge in [0.15, 0.2) is 0 Å². The van der Waals surface area contributed by atoms with E-state index < -0.39 is 6.04 Å². The summed E-state index contributed by atoms with van der Waals surface area (Å²) in [6.07, 6.45) is 2.36. The van der Waals surface area contributed by atoms with Gasteiger partial charge in [-0.25, -0.2) is 0 Å². The Morgan fingerprint density at radius 3 is 2.68 bits per heavy atom. The smallest absolute Gasteiger partial charge is 0.264 e. The van der Waals surface area contributed by atoms with Gasteiger partial charge in [-0.3, -0.25) is 14.4 Å². The molecule has 1 aliphatic carbocycles. The van der Waals surface area contributed by atoms with Crippen LogP contribution in [0, 0.1) is 11.8 Å². The quantitative estimate of drug-likeness (QED) is 0.680. The zero-order chi connectivity index (χ0) is 20.3. The minimum Gasteiger partial charge on any atom is -0.353 e. The molecule has 1 aromatic rings. The van der Waals surface area contributed by atoms with Crippen LogP contribution in [-0.2, 0) is 9.59 Å². The Balaban J connectivity index is 1.81. The van der Waals surface area contributed by atoms with E-state index in [1.165, 1.54) is 11.3 Å². The minimum absolute atomic E-state index is 0.116. The molecule has 1 aliphatic heterocycles. The highest BCUT2D eigenvalue weighted by Gasteiger charge is 2.45. The molecule has 3 N–H and O–H groups in total. The zero-order valence-electron chi connectivity index (χ0n) is 16.6. The Bertz CT molecular complexity index is 702. The third-order valence-electron chi connectivity index (χ3n) is 5.23. The average molecular weight is 407 g/mol. The zero-order valence-corrected chi connectivity index (χ0v) is 17.4. The van der Waals surface area contributed by atoms with E-state index in [-0.39, 0.29) is 29.7 Å². The molecule has 3 rings (SSSR count). The van der Waals surface area contributed by atoms with Crippen LogP contribution in [0.25, 0.3) is 0 Å². The van der Waals surface area contributed by atoms with Crippen molar-refractivity contribution in [3.63, 3.8) is 0 Å². The van der Waals surface area contributed by atoms with Gasteiger partial charge >= 0.3 is 0 Å². The first kappa shape index (κ1) is 20.8. The van der Waals surface area contributed by atoms with Gasteiger partial charge in [0.05, 0.1) is 10.9 Å². The van der Waals surface area contributed by atoms with Crippen LogP contribution in [0.4, 0.5) is 0 Å². The maximum Gasteiger partial charge on any atom is 0.264 e. The Labute approximate surface area is 170 Å². The van der Waals surface area contributed by atoms with Crippen LogP contribution in [0.15, 0.2) is 17.5 Å². The van der Waals surface area contributed by atoms with Crippen LogP contribution in [0.5, 0.6) is 0 Å². The maximum atomic E-state index is 13.0. The average Bonchev–Trinajstić information content (AvgIpc) is 3.19. The predicted octanol–water partition coefficient (Wildman–Crippen LogP) is 1.30. The SMILES string of the molecule is CC(C)CN(C(=O)C1CC1)C1CC(C(=O)NCCN)N(C(=O)c2cccs2)C1. The summed E-state index contributed by atoms with van der Waals surface area (Å²) >= 11 is 1.37. The van der Waals surface area contributed by atoms with Crippen molar-refractivity contribution in [1.29, 1.82) is 0 Å². The molecular formula is C20H30N4O3S. The number of nitrogens with one attached hydrogen (secondary N) is 1. The van der Waals surface area contributed by atoms with Crippen LogP contribution >= 0.6 is 11.3 Å². The predicted molar refractivity (Wildman–Crippen MR) is 109 cm³/mol. The topological polar surface area (TPSA) is 95.7 Å². The molecule has 1 saturated carbocycles. The number of hydrogen-bond acceptors (Lipinski definition) is 5. The van der Waals surface area contributed by atoms with Crippen molar-refractivity contribution in [2.45, 2.75) is 45.2 Å². The maximum absolute atomic E-state index is 13.0. The van der Waals surface area contributed by atoms with Gasteiger partial charge in [-0.15, -0.1) is 11.3 Å². The fourth-order valence-corrected chi connectivity index (χ4v) is 4.42. The first-order chi connectivity index (χ1) is 13.4. The number of carbonyl (C=O) groups excluding carboxylic acids is 3. The molecule has 8 heteroatoms. The first-order valence-corrected chi connectivity index (χ1v) is 10.9. The van der Waals surface area contributed by atoms with Gasteiger partial charge in [0.25, 0.3) is 5.91 Å². The van der Waals surface area contributed by atoms with Crippen LogP contribution < -0.4 is 11.1 Å². The molecule has 28 heavy (non-hydrogen) atoms. The standard InChI is InChI=1S/C20H30N4O3S/c1-13(2)11-23(19(26)14-5-6-14)15-10-16(18(25)22-8-7-21)24(12-15)20(27)17-4-3-9-28-17/h3-4,9,13-16H,5-8,10-12,21H2,1-2H3,(H,22,25). The lowest BCUT2D eigenvalue weighted by Gasteiger charge is -2.30. The van der Waals surface area contributed by atoms with Crippen molar-refractivity contribution >= 4 is 29.1 Å². The van der Waals surface area contributed by atoms with E-state index in [0.29, 0.717) is 43.4 Å². The van der Waals surface area contributed by atoms with E-state index >= 15 is 0 Å². The van der Waals surface area contributed by atoms with Gasteiger partial charge in [0.1, 0.15) is 6.04 Å². The van der Waals surface area contributed by atoms with Gasteiger partial charge in [0, 0.05) is 32.1 Å². The molecular weight excluding hydrogens is 376 g/mol. The van der Waals surface area contributed by atoms with E-state index in [9.17, 15) is 14.4 Å². The second-order valence-electron chi connectivity index (χ2n) is 8.08. The Morgan fingerprint density at radius 1 is 1.36 bits per heavy atom. The second-order valence-corrected chi connectivity index (χ2v) is 9.03. The van der Waals surface area contributed by atoms with Crippen molar-refractivity contribution < 1.29 is 14.4 Å². The molecule has 2 fully saturated rings. The Morgan fingerprint density at radius 2 is 2.11 bits per heavy atom. The Hall–Kier alpha value is -1.93. The van der Waals surface area contributed by atoms with Crippen molar-refractivity contribution in [2.24, 2.45) is 17.6 Å². The van der Waals surface area contributed by atoms with E-state index in [2.05, 4.69) is 19.2 Å². The monoisotopic (exact) mass is 406 g/mol. The molecule has 2 aliphatic rings. The van der Waals surface area contributed by atoms with Crippen LogP contribution in [0.3, 0.4) is 0 Å². The molecule has 0 radical (unpaired) electrons. The van der Waals surface area contributed by atoms with Gasteiger partial charge in [0.2, 0.25) is 11.8 Å². The summed E-state index contributed by atoms with van der Waals surface area (Å²) in [5.74, 6) is 0.278. The van der Waals surface area contributed by atoms with Crippen molar-refractivity contribution in [3.05, 3.63) is 22.4 Å². The summed E-state index contributed by atoms with van der Waals surface area (Å²) < 4.78 is 0. The summed E-state index contributed by atoms with van der Waals surface area (Å²) in [6, 6.07) is 2.90. The molecule has 2 atom stereocenters. The second kappa shape index (κ2) is 9.05. The fourth-order valence-electron chi connectivity index (χ4n) is 3.74. The molecule has 3 amide bonds. The number of thiophene rings is 1. The molecule has 0 aromatic carbocycles. The third kappa shape index (κ3) is 4.72. The third-order valence-corrected chi connectivity index (χ3v) is 6.09. The van der Waals surface area contributed by atoms with E-state index in [0.717, 1.165) is 12.8 Å². The molecule has 0 spiro atoms. The number of amides is 3. The number of rotatable bonds is 8. The fraction of sp³-hybridized carbons (Fsp3) is 0.650.